The predicted molar refractivity (Wildman–Crippen MR) is 86.6 cm³/mol. The third-order valence-electron chi connectivity index (χ3n) is 6.93. The van der Waals surface area contributed by atoms with E-state index >= 15 is 0 Å². The van der Waals surface area contributed by atoms with E-state index in [0.29, 0.717) is 6.10 Å². The molecule has 0 amide bonds. The summed E-state index contributed by atoms with van der Waals surface area (Å²) >= 11 is 0. The monoisotopic (exact) mass is 295 g/mol. The summed E-state index contributed by atoms with van der Waals surface area (Å²) in [6, 6.07) is 0. The molecule has 0 aliphatic carbocycles. The van der Waals surface area contributed by atoms with Crippen molar-refractivity contribution in [1.82, 2.24) is 15.1 Å². The lowest BCUT2D eigenvalue weighted by molar-refractivity contribution is -0.120. The van der Waals surface area contributed by atoms with Crippen LogP contribution in [0.2, 0.25) is 0 Å². The Morgan fingerprint density at radius 1 is 0.905 bits per heavy atom. The average molecular weight is 295 g/mol. The molecule has 0 saturated carbocycles. The van der Waals surface area contributed by atoms with Gasteiger partial charge in [0.1, 0.15) is 0 Å². The van der Waals surface area contributed by atoms with Gasteiger partial charge in [0.05, 0.1) is 6.10 Å². The van der Waals surface area contributed by atoms with Gasteiger partial charge in [-0.25, -0.2) is 0 Å². The van der Waals surface area contributed by atoms with Crippen molar-refractivity contribution in [3.8, 4) is 0 Å². The van der Waals surface area contributed by atoms with Crippen LogP contribution in [0.15, 0.2) is 0 Å². The van der Waals surface area contributed by atoms with Crippen LogP contribution in [-0.2, 0) is 4.74 Å². The smallest absolute Gasteiger partial charge is 0.0825 e. The van der Waals surface area contributed by atoms with Gasteiger partial charge in [-0.15, -0.1) is 0 Å². The summed E-state index contributed by atoms with van der Waals surface area (Å²) in [6.45, 7) is 16.8. The molecule has 3 aliphatic heterocycles. The van der Waals surface area contributed by atoms with E-state index in [1.807, 2.05) is 7.11 Å². The zero-order valence-corrected chi connectivity index (χ0v) is 14.5. The SMILES string of the molecule is COC1CN(C(C)(C)C(C)(C)N2C[C@H]3CNCC[C@H]3C2)C1. The minimum absolute atomic E-state index is 0.183. The van der Waals surface area contributed by atoms with E-state index in [9.17, 15) is 0 Å². The van der Waals surface area contributed by atoms with Gasteiger partial charge in [0, 0.05) is 44.4 Å². The van der Waals surface area contributed by atoms with Gasteiger partial charge in [-0.05, 0) is 59.0 Å². The van der Waals surface area contributed by atoms with Gasteiger partial charge in [0.2, 0.25) is 0 Å². The van der Waals surface area contributed by atoms with Gasteiger partial charge in [0.15, 0.2) is 0 Å². The van der Waals surface area contributed by atoms with E-state index in [0.717, 1.165) is 24.9 Å². The number of piperidine rings is 1. The molecule has 0 aromatic rings. The van der Waals surface area contributed by atoms with Crippen molar-refractivity contribution in [2.24, 2.45) is 11.8 Å². The Morgan fingerprint density at radius 3 is 2.05 bits per heavy atom. The zero-order chi connectivity index (χ0) is 15.3. The molecule has 3 aliphatic rings. The number of rotatable bonds is 4. The van der Waals surface area contributed by atoms with E-state index in [2.05, 4.69) is 42.8 Å². The van der Waals surface area contributed by atoms with Crippen LogP contribution in [0.3, 0.4) is 0 Å². The summed E-state index contributed by atoms with van der Waals surface area (Å²) in [7, 11) is 1.83. The summed E-state index contributed by atoms with van der Waals surface area (Å²) in [5.41, 5.74) is 0.381. The molecule has 0 bridgehead atoms. The number of likely N-dealkylation sites (tertiary alicyclic amines) is 2. The molecule has 3 fully saturated rings. The number of ether oxygens (including phenoxy) is 1. The van der Waals surface area contributed by atoms with Gasteiger partial charge in [-0.3, -0.25) is 9.80 Å². The van der Waals surface area contributed by atoms with Crippen LogP contribution >= 0.6 is 0 Å². The molecule has 0 aromatic heterocycles. The molecule has 1 N–H and O–H groups in total. The third-order valence-corrected chi connectivity index (χ3v) is 6.93. The second-order valence-corrected chi connectivity index (χ2v) is 8.30. The topological polar surface area (TPSA) is 27.7 Å². The second kappa shape index (κ2) is 5.48. The largest absolute Gasteiger partial charge is 0.379 e. The number of nitrogens with zero attached hydrogens (tertiary/aromatic N) is 2. The Bertz CT molecular complexity index is 362. The summed E-state index contributed by atoms with van der Waals surface area (Å²) < 4.78 is 5.46. The Balaban J connectivity index is 1.68. The van der Waals surface area contributed by atoms with Crippen LogP contribution in [-0.4, -0.2) is 73.4 Å². The quantitative estimate of drug-likeness (QED) is 0.849. The Morgan fingerprint density at radius 2 is 1.48 bits per heavy atom. The van der Waals surface area contributed by atoms with E-state index in [-0.39, 0.29) is 11.1 Å². The third kappa shape index (κ3) is 2.54. The van der Waals surface area contributed by atoms with E-state index < -0.39 is 0 Å². The minimum Gasteiger partial charge on any atom is -0.379 e. The number of methoxy groups -OCH3 is 1. The van der Waals surface area contributed by atoms with Crippen molar-refractivity contribution < 1.29 is 4.74 Å². The highest BCUT2D eigenvalue weighted by atomic mass is 16.5. The Hall–Kier alpha value is -0.160. The summed E-state index contributed by atoms with van der Waals surface area (Å²) in [6.07, 6.45) is 1.79. The van der Waals surface area contributed by atoms with E-state index in [4.69, 9.17) is 4.74 Å². The first-order valence-electron chi connectivity index (χ1n) is 8.60. The highest BCUT2D eigenvalue weighted by Crippen LogP contribution is 2.41. The van der Waals surface area contributed by atoms with Crippen molar-refractivity contribution in [1.29, 1.82) is 0 Å². The number of nitrogens with one attached hydrogen (secondary N) is 1. The maximum absolute atomic E-state index is 5.46. The molecule has 4 nitrogen and oxygen atoms in total. The van der Waals surface area contributed by atoms with E-state index in [1.54, 1.807) is 0 Å². The average Bonchev–Trinajstić information content (AvgIpc) is 2.81. The fourth-order valence-corrected chi connectivity index (χ4v) is 4.35. The molecule has 0 radical (unpaired) electrons. The summed E-state index contributed by atoms with van der Waals surface area (Å²) in [5.74, 6) is 1.77. The van der Waals surface area contributed by atoms with Gasteiger partial charge >= 0.3 is 0 Å². The Kier molecular flexibility index (Phi) is 4.11. The van der Waals surface area contributed by atoms with Crippen molar-refractivity contribution in [2.75, 3.05) is 46.4 Å². The van der Waals surface area contributed by atoms with Crippen molar-refractivity contribution in [3.63, 3.8) is 0 Å². The standard InChI is InChI=1S/C17H33N3O/c1-16(2,17(3,4)20-11-15(12-20)21-5)19-9-13-6-7-18-8-14(13)10-19/h13-15,18H,6-12H2,1-5H3/t13-,14+/m0/s1. The van der Waals surface area contributed by atoms with Crippen LogP contribution in [0.5, 0.6) is 0 Å². The lowest BCUT2D eigenvalue weighted by atomic mass is 9.77. The molecular weight excluding hydrogens is 262 g/mol. The molecule has 4 heteroatoms. The molecule has 3 rings (SSSR count). The van der Waals surface area contributed by atoms with Gasteiger partial charge in [-0.2, -0.15) is 0 Å². The first-order chi connectivity index (χ1) is 9.86. The number of hydrogen-bond acceptors (Lipinski definition) is 4. The molecule has 122 valence electrons. The van der Waals surface area contributed by atoms with Gasteiger partial charge in [0.25, 0.3) is 0 Å². The van der Waals surface area contributed by atoms with Gasteiger partial charge in [-0.1, -0.05) is 0 Å². The lowest BCUT2D eigenvalue weighted by Gasteiger charge is -2.58. The maximum Gasteiger partial charge on any atom is 0.0825 e. The lowest BCUT2D eigenvalue weighted by Crippen LogP contribution is -2.71. The van der Waals surface area contributed by atoms with Crippen molar-refractivity contribution in [3.05, 3.63) is 0 Å². The van der Waals surface area contributed by atoms with E-state index in [1.165, 1.54) is 32.6 Å². The summed E-state index contributed by atoms with van der Waals surface area (Å²) in [4.78, 5) is 5.36. The van der Waals surface area contributed by atoms with Crippen LogP contribution < -0.4 is 5.32 Å². The maximum atomic E-state index is 5.46. The van der Waals surface area contributed by atoms with Crippen LogP contribution in [0.1, 0.15) is 34.1 Å². The predicted octanol–water partition coefficient (Wildman–Crippen LogP) is 1.42. The fourth-order valence-electron chi connectivity index (χ4n) is 4.35. The molecule has 0 aromatic carbocycles. The zero-order valence-electron chi connectivity index (χ0n) is 14.5. The second-order valence-electron chi connectivity index (χ2n) is 8.30. The Labute approximate surface area is 130 Å². The molecule has 2 atom stereocenters. The molecule has 21 heavy (non-hydrogen) atoms. The molecule has 0 unspecified atom stereocenters. The first-order valence-corrected chi connectivity index (χ1v) is 8.60. The highest BCUT2D eigenvalue weighted by molar-refractivity contribution is 5.08. The fraction of sp³-hybridized carbons (Fsp3) is 1.00. The van der Waals surface area contributed by atoms with Gasteiger partial charge < -0.3 is 10.1 Å². The molecular formula is C17H33N3O. The molecule has 3 heterocycles. The number of fused-ring (bicyclic) bond motifs is 1. The summed E-state index contributed by atoms with van der Waals surface area (Å²) in [5, 5.41) is 3.57. The van der Waals surface area contributed by atoms with Crippen LogP contribution in [0, 0.1) is 11.8 Å². The first kappa shape index (κ1) is 15.7. The molecule has 3 saturated heterocycles. The highest BCUT2D eigenvalue weighted by Gasteiger charge is 2.52. The molecule has 0 spiro atoms. The minimum atomic E-state index is 0.183. The number of hydrogen-bond donors (Lipinski definition) is 1. The van der Waals surface area contributed by atoms with Crippen LogP contribution in [0.25, 0.3) is 0 Å². The normalized spacial score (nSPS) is 33.0. The van der Waals surface area contributed by atoms with Crippen molar-refractivity contribution in [2.45, 2.75) is 51.3 Å². The van der Waals surface area contributed by atoms with Crippen molar-refractivity contribution >= 4 is 0 Å². The van der Waals surface area contributed by atoms with Crippen LogP contribution in [0.4, 0.5) is 0 Å².